The molecule has 1 aromatic carbocycles. The first-order valence-electron chi connectivity index (χ1n) is 29.5. The van der Waals surface area contributed by atoms with Crippen molar-refractivity contribution >= 4 is 35.6 Å². The predicted octanol–water partition coefficient (Wildman–Crippen LogP) is 6.83. The van der Waals surface area contributed by atoms with Gasteiger partial charge in [-0.3, -0.25) is 33.8 Å². The van der Waals surface area contributed by atoms with Crippen molar-refractivity contribution in [3.8, 4) is 5.75 Å². The molecule has 80 heavy (non-hydrogen) atoms. The Morgan fingerprint density at radius 2 is 1.73 bits per heavy atom. The molecule has 6 heterocycles. The van der Waals surface area contributed by atoms with Crippen molar-refractivity contribution in [2.45, 2.75) is 213 Å². The number of aliphatic hydroxyl groups is 2. The Balaban J connectivity index is 1.08. The van der Waals surface area contributed by atoms with Crippen molar-refractivity contribution in [1.29, 1.82) is 0 Å². The SMILES string of the molecule is CC[C@H]1C[C@H](C)[C@@]2(NC1=O)O[C@@H](C[C@H](O)[C@@H](C)CC/C=C/C=C(\C)[C@@H]1C/C=C/C=C/[C@@H]3O[C@@]4(C)CC[C@@H](C(=O)N[C@@H](C(C)C)C(=O)N[C@@H](Cc5cccc(OC(C)=O)c5)C(=O)N5CCC[C@H](N5)C(=O)O1)[C@H](O4)[C@H]3C)[C@H](C)[C@H](O)[C@@H]2C. The standard InChI is InChI=1S/C62H91N5O13/c1-12-44-31-38(6)62(65-56(44)71)41(9)54(70)39(7)52(79-62)34-49(69)36(4)21-15-13-16-22-37(5)50-26-17-14-18-27-51-40(8)55-46(28-29-61(11,78-51)80-55)57(72)64-53(35(2)3)58(73)63-48(33-43-23-19-24-45(32-43)76-42(10)68)59(74)67-30-20-25-47(66-67)60(75)77-50/h13-14,16-19,22-24,27,32,35-36,38-41,44,46-55,66,69-70H,12,15,20-21,25-26,28-31,33-34H2,1-11H3,(H,63,73)(H,64,72)(H,65,71)/b16-13+,17-14+,27-18+,37-22+/t36-,38-,39-,40-,41-,44-,46+,47-,48-,49-,50-,51-,52-,53-,54-,55+,61+,62+/m0/s1. The topological polar surface area (TPSA) is 240 Å². The van der Waals surface area contributed by atoms with Crippen molar-refractivity contribution in [1.82, 2.24) is 26.4 Å². The number of piperidine rings is 1. The van der Waals surface area contributed by atoms with Crippen molar-refractivity contribution in [2.24, 2.45) is 47.3 Å². The second kappa shape index (κ2) is 27.2. The molecule has 5 saturated heterocycles. The van der Waals surface area contributed by atoms with Crippen molar-refractivity contribution in [3.05, 3.63) is 77.9 Å². The van der Waals surface area contributed by atoms with Crippen molar-refractivity contribution < 1.29 is 62.7 Å². The molecular weight excluding hydrogens is 1020 g/mol. The first-order valence-corrected chi connectivity index (χ1v) is 29.5. The molecule has 0 aliphatic carbocycles. The maximum atomic E-state index is 14.7. The third-order valence-electron chi connectivity index (χ3n) is 17.9. The highest BCUT2D eigenvalue weighted by Gasteiger charge is 2.57. The number of fused-ring (bicyclic) bond motifs is 4. The molecular formula is C62H91N5O13. The molecule has 0 aromatic heterocycles. The van der Waals surface area contributed by atoms with Crippen LogP contribution in [0.3, 0.4) is 0 Å². The van der Waals surface area contributed by atoms with Gasteiger partial charge >= 0.3 is 11.9 Å². The highest BCUT2D eigenvalue weighted by atomic mass is 16.7. The van der Waals surface area contributed by atoms with Gasteiger partial charge in [0.25, 0.3) is 5.91 Å². The van der Waals surface area contributed by atoms with Gasteiger partial charge in [0.2, 0.25) is 17.7 Å². The summed E-state index contributed by atoms with van der Waals surface area (Å²) in [6.07, 6.45) is 15.2. The van der Waals surface area contributed by atoms with Crippen LogP contribution < -0.4 is 26.1 Å². The molecule has 18 heteroatoms. The Morgan fingerprint density at radius 3 is 2.45 bits per heavy atom. The number of ether oxygens (including phenoxy) is 5. The molecule has 0 unspecified atom stereocenters. The molecule has 5 fully saturated rings. The van der Waals surface area contributed by atoms with Crippen LogP contribution in [0.2, 0.25) is 0 Å². The number of hydrazine groups is 1. The van der Waals surface area contributed by atoms with E-state index in [0.29, 0.717) is 63.4 Å². The maximum Gasteiger partial charge on any atom is 0.325 e. The lowest BCUT2D eigenvalue weighted by molar-refractivity contribution is -0.344. The zero-order valence-corrected chi connectivity index (χ0v) is 49.0. The van der Waals surface area contributed by atoms with Crippen LogP contribution in [0.5, 0.6) is 5.75 Å². The van der Waals surface area contributed by atoms with E-state index in [9.17, 15) is 39.0 Å². The minimum Gasteiger partial charge on any atom is -0.456 e. The zero-order chi connectivity index (χ0) is 58.2. The van der Waals surface area contributed by atoms with Gasteiger partial charge in [-0.25, -0.2) is 5.43 Å². The van der Waals surface area contributed by atoms with Gasteiger partial charge in [0, 0.05) is 68.7 Å². The summed E-state index contributed by atoms with van der Waals surface area (Å²) in [5.74, 6) is -5.10. The van der Waals surface area contributed by atoms with Gasteiger partial charge in [0.1, 0.15) is 35.7 Å². The van der Waals surface area contributed by atoms with Crippen molar-refractivity contribution in [3.63, 3.8) is 0 Å². The molecule has 18 nitrogen and oxygen atoms in total. The molecule has 1 spiro atoms. The average molecular weight is 1110 g/mol. The monoisotopic (exact) mass is 1110 g/mol. The van der Waals surface area contributed by atoms with Crippen LogP contribution in [0.15, 0.2) is 72.4 Å². The number of hydrogen-bond acceptors (Lipinski definition) is 14. The number of amides is 4. The molecule has 4 amide bonds. The molecule has 1 aromatic rings. The van der Waals surface area contributed by atoms with Gasteiger partial charge in [-0.05, 0) is 93.9 Å². The fourth-order valence-electron chi connectivity index (χ4n) is 12.6. The van der Waals surface area contributed by atoms with Crippen molar-refractivity contribution in [2.75, 3.05) is 6.54 Å². The van der Waals surface area contributed by atoms with Gasteiger partial charge in [-0.15, -0.1) is 0 Å². The molecule has 0 saturated carbocycles. The van der Waals surface area contributed by atoms with E-state index in [4.69, 9.17) is 23.7 Å². The summed E-state index contributed by atoms with van der Waals surface area (Å²) in [5.41, 5.74) is 3.49. The fourth-order valence-corrected chi connectivity index (χ4v) is 12.6. The molecule has 7 rings (SSSR count). The third kappa shape index (κ3) is 14.9. The van der Waals surface area contributed by atoms with E-state index < -0.39 is 95.9 Å². The summed E-state index contributed by atoms with van der Waals surface area (Å²) in [4.78, 5) is 82.7. The predicted molar refractivity (Wildman–Crippen MR) is 300 cm³/mol. The summed E-state index contributed by atoms with van der Waals surface area (Å²) in [7, 11) is 0. The molecule has 6 N–H and O–H groups in total. The van der Waals surface area contributed by atoms with E-state index in [2.05, 4.69) is 28.3 Å². The second-order valence-electron chi connectivity index (χ2n) is 24.3. The van der Waals surface area contributed by atoms with Crippen LogP contribution in [0, 0.1) is 47.3 Å². The lowest BCUT2D eigenvalue weighted by Crippen LogP contribution is -2.71. The number of cyclic esters (lactones) is 1. The van der Waals surface area contributed by atoms with E-state index in [1.165, 1.54) is 11.9 Å². The Kier molecular flexibility index (Phi) is 21.2. The number of hydrogen-bond donors (Lipinski definition) is 6. The van der Waals surface area contributed by atoms with E-state index in [-0.39, 0.29) is 72.0 Å². The summed E-state index contributed by atoms with van der Waals surface area (Å²) < 4.78 is 31.4. The number of nitrogens with zero attached hydrogens (tertiary/aromatic N) is 1. The van der Waals surface area contributed by atoms with Gasteiger partial charge < -0.3 is 49.8 Å². The highest BCUT2D eigenvalue weighted by Crippen LogP contribution is 2.47. The molecule has 442 valence electrons. The molecule has 6 aliphatic rings. The molecule has 6 aliphatic heterocycles. The Hall–Kier alpha value is -5.24. The van der Waals surface area contributed by atoms with Crippen LogP contribution in [0.25, 0.3) is 0 Å². The third-order valence-corrected chi connectivity index (χ3v) is 17.9. The first-order chi connectivity index (χ1) is 37.9. The quantitative estimate of drug-likeness (QED) is 0.0675. The van der Waals surface area contributed by atoms with Crippen LogP contribution >= 0.6 is 0 Å². The number of nitrogens with one attached hydrogen (secondary N) is 4. The average Bonchev–Trinajstić information content (AvgIpc) is 3.57. The number of benzene rings is 1. The number of esters is 2. The summed E-state index contributed by atoms with van der Waals surface area (Å²) in [6.45, 7) is 20.9. The number of carbonyl (C=O) groups excluding carboxylic acids is 6. The normalized spacial score (nSPS) is 37.4. The number of carbonyl (C=O) groups is 6. The Morgan fingerprint density at radius 1 is 0.963 bits per heavy atom. The van der Waals surface area contributed by atoms with E-state index in [1.54, 1.807) is 24.3 Å². The van der Waals surface area contributed by atoms with Crippen LogP contribution in [0.1, 0.15) is 146 Å². The Bertz CT molecular complexity index is 2500. The maximum absolute atomic E-state index is 14.7. The number of allylic oxidation sites excluding steroid dienone is 5. The van der Waals surface area contributed by atoms with Gasteiger partial charge in [0.15, 0.2) is 5.79 Å². The van der Waals surface area contributed by atoms with Gasteiger partial charge in [0.05, 0.1) is 36.4 Å². The first kappa shape index (κ1) is 62.4. The second-order valence-corrected chi connectivity index (χ2v) is 24.3. The van der Waals surface area contributed by atoms with Crippen LogP contribution in [0.4, 0.5) is 0 Å². The van der Waals surface area contributed by atoms with E-state index in [1.807, 2.05) is 105 Å². The van der Waals surface area contributed by atoms with Crippen LogP contribution in [-0.2, 0) is 54.1 Å². The lowest BCUT2D eigenvalue weighted by Gasteiger charge is -2.56. The van der Waals surface area contributed by atoms with Gasteiger partial charge in [-0.1, -0.05) is 110 Å². The van der Waals surface area contributed by atoms with Crippen LogP contribution in [-0.4, -0.2) is 124 Å². The smallest absolute Gasteiger partial charge is 0.325 e. The molecule has 5 bridgehead atoms. The number of aliphatic hydroxyl groups excluding tert-OH is 2. The Labute approximate surface area is 473 Å². The van der Waals surface area contributed by atoms with Gasteiger partial charge in [-0.2, -0.15) is 0 Å². The minimum absolute atomic E-state index is 0.00127. The summed E-state index contributed by atoms with van der Waals surface area (Å²) in [5, 5.41) is 33.5. The highest BCUT2D eigenvalue weighted by molar-refractivity contribution is 5.93. The number of rotatable bonds is 13. The fraction of sp³-hybridized carbons (Fsp3) is 0.677. The zero-order valence-electron chi connectivity index (χ0n) is 49.0. The molecule has 0 radical (unpaired) electrons. The van der Waals surface area contributed by atoms with E-state index >= 15 is 0 Å². The summed E-state index contributed by atoms with van der Waals surface area (Å²) in [6, 6.07) is 3.63. The largest absolute Gasteiger partial charge is 0.456 e. The minimum atomic E-state index is -1.17. The lowest BCUT2D eigenvalue weighted by atomic mass is 9.69. The summed E-state index contributed by atoms with van der Waals surface area (Å²) >= 11 is 0. The molecule has 18 atom stereocenters. The van der Waals surface area contributed by atoms with E-state index in [0.717, 1.165) is 12.0 Å².